The summed E-state index contributed by atoms with van der Waals surface area (Å²) >= 11 is 0. The third-order valence-electron chi connectivity index (χ3n) is 2.11. The highest BCUT2D eigenvalue weighted by Crippen LogP contribution is 2.21. The number of phenolic OH excluding ortho intramolecular Hbond substituents is 1. The number of nitrogens with two attached hydrogens (primary N) is 1. The molecule has 13 heavy (non-hydrogen) atoms. The number of hydrogen-bond acceptors (Lipinski definition) is 3. The maximum Gasteiger partial charge on any atom is 0.115 e. The van der Waals surface area contributed by atoms with Crippen molar-refractivity contribution in [3.8, 4) is 5.75 Å². The molecule has 0 aliphatic carbocycles. The Bertz CT molecular complexity index is 286. The zero-order chi connectivity index (χ0) is 9.84. The largest absolute Gasteiger partial charge is 0.508 e. The maximum absolute atomic E-state index is 9.24. The molecular formula is C10H15NO2. The number of aryl methyl sites for hydroxylation is 1. The molecule has 3 heteroatoms. The van der Waals surface area contributed by atoms with Gasteiger partial charge in [-0.05, 0) is 29.7 Å². The van der Waals surface area contributed by atoms with E-state index in [1.807, 2.05) is 13.0 Å². The molecule has 1 atom stereocenters. The lowest BCUT2D eigenvalue weighted by atomic mass is 9.99. The Morgan fingerprint density at radius 1 is 1.46 bits per heavy atom. The topological polar surface area (TPSA) is 66.5 Å². The lowest BCUT2D eigenvalue weighted by Gasteiger charge is -2.13. The van der Waals surface area contributed by atoms with Crippen LogP contribution in [0, 0.1) is 0 Å². The van der Waals surface area contributed by atoms with Crippen LogP contribution >= 0.6 is 0 Å². The van der Waals surface area contributed by atoms with Crippen molar-refractivity contribution in [3.63, 3.8) is 0 Å². The van der Waals surface area contributed by atoms with Gasteiger partial charge in [0.15, 0.2) is 0 Å². The fraction of sp³-hybridized carbons (Fsp3) is 0.400. The van der Waals surface area contributed by atoms with E-state index in [0.717, 1.165) is 17.5 Å². The number of aliphatic hydroxyl groups excluding tert-OH is 1. The number of aromatic hydroxyl groups is 1. The van der Waals surface area contributed by atoms with E-state index < -0.39 is 6.04 Å². The number of rotatable bonds is 3. The van der Waals surface area contributed by atoms with E-state index in [1.165, 1.54) is 0 Å². The van der Waals surface area contributed by atoms with Gasteiger partial charge in [-0.3, -0.25) is 0 Å². The Morgan fingerprint density at radius 3 is 2.69 bits per heavy atom. The maximum atomic E-state index is 9.24. The molecule has 3 nitrogen and oxygen atoms in total. The van der Waals surface area contributed by atoms with Gasteiger partial charge in [-0.15, -0.1) is 0 Å². The Kier molecular flexibility index (Phi) is 3.28. The van der Waals surface area contributed by atoms with Crippen molar-refractivity contribution in [3.05, 3.63) is 29.3 Å². The van der Waals surface area contributed by atoms with Gasteiger partial charge in [0.1, 0.15) is 5.75 Å². The van der Waals surface area contributed by atoms with Gasteiger partial charge in [0.05, 0.1) is 12.6 Å². The molecule has 0 bridgehead atoms. The van der Waals surface area contributed by atoms with E-state index in [9.17, 15) is 5.11 Å². The Balaban J connectivity index is 3.07. The SMILES string of the molecule is CCc1ccc(O)cc1C(N)CO. The lowest BCUT2D eigenvalue weighted by Crippen LogP contribution is -2.16. The van der Waals surface area contributed by atoms with Crippen LogP contribution in [0.2, 0.25) is 0 Å². The predicted octanol–water partition coefficient (Wildman–Crippen LogP) is 0.947. The van der Waals surface area contributed by atoms with Gasteiger partial charge in [-0.1, -0.05) is 13.0 Å². The molecule has 0 saturated heterocycles. The van der Waals surface area contributed by atoms with E-state index in [4.69, 9.17) is 10.8 Å². The highest BCUT2D eigenvalue weighted by atomic mass is 16.3. The summed E-state index contributed by atoms with van der Waals surface area (Å²) in [5.74, 6) is 0.191. The smallest absolute Gasteiger partial charge is 0.115 e. The second kappa shape index (κ2) is 4.25. The minimum Gasteiger partial charge on any atom is -0.508 e. The zero-order valence-corrected chi connectivity index (χ0v) is 7.70. The average molecular weight is 181 g/mol. The normalized spacial score (nSPS) is 12.8. The van der Waals surface area contributed by atoms with E-state index >= 15 is 0 Å². The molecule has 1 aromatic rings. The molecule has 0 saturated carbocycles. The fourth-order valence-corrected chi connectivity index (χ4v) is 1.35. The molecule has 0 heterocycles. The van der Waals surface area contributed by atoms with E-state index in [-0.39, 0.29) is 12.4 Å². The molecule has 0 amide bonds. The van der Waals surface area contributed by atoms with E-state index in [1.54, 1.807) is 12.1 Å². The summed E-state index contributed by atoms with van der Waals surface area (Å²) in [6, 6.07) is 4.67. The second-order valence-corrected chi connectivity index (χ2v) is 3.03. The zero-order valence-electron chi connectivity index (χ0n) is 7.70. The molecule has 72 valence electrons. The van der Waals surface area contributed by atoms with Gasteiger partial charge in [-0.2, -0.15) is 0 Å². The molecule has 0 aliphatic heterocycles. The van der Waals surface area contributed by atoms with Crippen LogP contribution in [0.3, 0.4) is 0 Å². The summed E-state index contributed by atoms with van der Waals surface area (Å²) in [6.45, 7) is 1.91. The molecule has 1 aromatic carbocycles. The highest BCUT2D eigenvalue weighted by Gasteiger charge is 2.09. The first kappa shape index (κ1) is 10.0. The highest BCUT2D eigenvalue weighted by molar-refractivity contribution is 5.36. The molecular weight excluding hydrogens is 166 g/mol. The Morgan fingerprint density at radius 2 is 2.15 bits per heavy atom. The van der Waals surface area contributed by atoms with Crippen molar-refractivity contribution in [1.82, 2.24) is 0 Å². The molecule has 4 N–H and O–H groups in total. The Labute approximate surface area is 77.8 Å². The van der Waals surface area contributed by atoms with Gasteiger partial charge in [0.25, 0.3) is 0 Å². The van der Waals surface area contributed by atoms with Crippen LogP contribution in [0.1, 0.15) is 24.1 Å². The van der Waals surface area contributed by atoms with Gasteiger partial charge < -0.3 is 15.9 Å². The minimum atomic E-state index is -0.401. The van der Waals surface area contributed by atoms with Crippen molar-refractivity contribution in [2.75, 3.05) is 6.61 Å². The number of hydrogen-bond donors (Lipinski definition) is 3. The molecule has 1 rings (SSSR count). The number of aliphatic hydroxyl groups is 1. The van der Waals surface area contributed by atoms with Crippen molar-refractivity contribution in [2.24, 2.45) is 5.73 Å². The summed E-state index contributed by atoms with van der Waals surface area (Å²) in [7, 11) is 0. The minimum absolute atomic E-state index is 0.101. The summed E-state index contributed by atoms with van der Waals surface area (Å²) in [4.78, 5) is 0. The van der Waals surface area contributed by atoms with Crippen LogP contribution in [-0.2, 0) is 6.42 Å². The molecule has 0 spiro atoms. The van der Waals surface area contributed by atoms with E-state index in [2.05, 4.69) is 0 Å². The van der Waals surface area contributed by atoms with Crippen molar-refractivity contribution >= 4 is 0 Å². The third-order valence-corrected chi connectivity index (χ3v) is 2.11. The molecule has 0 fully saturated rings. The van der Waals surface area contributed by atoms with Crippen molar-refractivity contribution < 1.29 is 10.2 Å². The molecule has 1 unspecified atom stereocenters. The summed E-state index contributed by atoms with van der Waals surface area (Å²) in [5.41, 5.74) is 7.57. The number of benzene rings is 1. The summed E-state index contributed by atoms with van der Waals surface area (Å²) in [6.07, 6.45) is 0.851. The van der Waals surface area contributed by atoms with Crippen LogP contribution in [0.5, 0.6) is 5.75 Å². The van der Waals surface area contributed by atoms with Gasteiger partial charge >= 0.3 is 0 Å². The van der Waals surface area contributed by atoms with Gasteiger partial charge in [-0.25, -0.2) is 0 Å². The molecule has 0 aliphatic rings. The second-order valence-electron chi connectivity index (χ2n) is 3.03. The standard InChI is InChI=1S/C10H15NO2/c1-2-7-3-4-8(13)5-9(7)10(11)6-12/h3-5,10,12-13H,2,6,11H2,1H3. The van der Waals surface area contributed by atoms with Crippen LogP contribution in [0.15, 0.2) is 18.2 Å². The van der Waals surface area contributed by atoms with Crippen LogP contribution < -0.4 is 5.73 Å². The predicted molar refractivity (Wildman–Crippen MR) is 51.5 cm³/mol. The lowest BCUT2D eigenvalue weighted by molar-refractivity contribution is 0.267. The van der Waals surface area contributed by atoms with E-state index in [0.29, 0.717) is 0 Å². The van der Waals surface area contributed by atoms with Crippen LogP contribution in [-0.4, -0.2) is 16.8 Å². The summed E-state index contributed by atoms with van der Waals surface area (Å²) < 4.78 is 0. The van der Waals surface area contributed by atoms with Crippen molar-refractivity contribution in [2.45, 2.75) is 19.4 Å². The first-order chi connectivity index (χ1) is 6.19. The van der Waals surface area contributed by atoms with Crippen LogP contribution in [0.25, 0.3) is 0 Å². The fourth-order valence-electron chi connectivity index (χ4n) is 1.35. The van der Waals surface area contributed by atoms with Crippen LogP contribution in [0.4, 0.5) is 0 Å². The van der Waals surface area contributed by atoms with Crippen molar-refractivity contribution in [1.29, 1.82) is 0 Å². The first-order valence-electron chi connectivity index (χ1n) is 4.37. The summed E-state index contributed by atoms with van der Waals surface area (Å²) in [5, 5.41) is 18.1. The Hall–Kier alpha value is -1.06. The quantitative estimate of drug-likeness (QED) is 0.650. The monoisotopic (exact) mass is 181 g/mol. The van der Waals surface area contributed by atoms with Gasteiger partial charge in [0, 0.05) is 0 Å². The third kappa shape index (κ3) is 2.20. The number of phenols is 1. The van der Waals surface area contributed by atoms with Gasteiger partial charge in [0.2, 0.25) is 0 Å². The average Bonchev–Trinajstić information content (AvgIpc) is 2.16. The molecule has 0 aromatic heterocycles. The first-order valence-corrected chi connectivity index (χ1v) is 4.37. The molecule has 0 radical (unpaired) electrons.